The van der Waals surface area contributed by atoms with E-state index in [1.54, 1.807) is 19.1 Å². The Hall–Kier alpha value is -2.55. The molecule has 4 N–H and O–H groups in total. The maximum Gasteiger partial charge on any atom is 0.329 e. The first-order valence-corrected chi connectivity index (χ1v) is 10.6. The summed E-state index contributed by atoms with van der Waals surface area (Å²) in [6, 6.07) is 13.4. The largest absolute Gasteiger partial charge is 0.350 e. The number of halogens is 1. The first-order valence-electron chi connectivity index (χ1n) is 8.93. The number of carbonyl (C=O) groups is 2. The number of ketones is 1. The van der Waals surface area contributed by atoms with Gasteiger partial charge in [-0.2, -0.15) is 0 Å². The molecule has 2 amide bonds. The molecule has 150 valence electrons. The van der Waals surface area contributed by atoms with Crippen LogP contribution >= 0.6 is 27.3 Å². The number of primary amides is 1. The van der Waals surface area contributed by atoms with Crippen LogP contribution in [-0.4, -0.2) is 21.8 Å². The summed E-state index contributed by atoms with van der Waals surface area (Å²) in [5, 5.41) is 3.32. The number of nitrogens with two attached hydrogens (primary N) is 2. The molecule has 0 saturated heterocycles. The van der Waals surface area contributed by atoms with E-state index in [1.165, 1.54) is 11.3 Å². The van der Waals surface area contributed by atoms with Gasteiger partial charge in [0, 0.05) is 26.9 Å². The van der Waals surface area contributed by atoms with E-state index in [0.29, 0.717) is 10.6 Å². The number of hydrogen-bond acceptors (Lipinski definition) is 5. The fourth-order valence-electron chi connectivity index (χ4n) is 3.01. The van der Waals surface area contributed by atoms with Crippen molar-refractivity contribution in [3.63, 3.8) is 0 Å². The van der Waals surface area contributed by atoms with Crippen LogP contribution in [0.3, 0.4) is 0 Å². The molecule has 0 aliphatic heterocycles. The Kier molecular flexibility index (Phi) is 6.46. The predicted octanol–water partition coefficient (Wildman–Crippen LogP) is 4.70. The van der Waals surface area contributed by atoms with Crippen LogP contribution < -0.4 is 11.6 Å². The number of amides is 2. The monoisotopic (exact) mass is 472 g/mol. The normalized spacial score (nSPS) is 13.0. The van der Waals surface area contributed by atoms with Crippen molar-refractivity contribution in [3.8, 4) is 11.3 Å². The number of hydrazine groups is 1. The van der Waals surface area contributed by atoms with E-state index in [9.17, 15) is 9.59 Å². The average Bonchev–Trinajstić information content (AvgIpc) is 3.18. The molecule has 0 aliphatic carbocycles. The lowest BCUT2D eigenvalue weighted by Crippen LogP contribution is -2.47. The lowest BCUT2D eigenvalue weighted by molar-refractivity contribution is 0.0838. The molecule has 2 aromatic carbocycles. The number of aromatic nitrogens is 1. The van der Waals surface area contributed by atoms with Crippen molar-refractivity contribution in [2.45, 2.75) is 19.9 Å². The molecule has 6 nitrogen and oxygen atoms in total. The van der Waals surface area contributed by atoms with E-state index in [2.05, 4.69) is 20.9 Å². The average molecular weight is 473 g/mol. The quantitative estimate of drug-likeness (QED) is 0.235. The Morgan fingerprint density at radius 2 is 1.72 bits per heavy atom. The Morgan fingerprint density at radius 3 is 2.31 bits per heavy atom. The molecule has 1 heterocycles. The molecule has 0 spiro atoms. The minimum absolute atomic E-state index is 0.132. The highest BCUT2D eigenvalue weighted by Crippen LogP contribution is 2.34. The Labute approximate surface area is 181 Å². The number of urea groups is 1. The SMILES string of the molecule is Cc1ccc(C(=O)C(C)C(c2nc(-c3ccc(Br)cc3)cs2)N(N)C(N)=O)cc1. The highest BCUT2D eigenvalue weighted by Gasteiger charge is 2.34. The summed E-state index contributed by atoms with van der Waals surface area (Å²) in [4.78, 5) is 29.5. The van der Waals surface area contributed by atoms with Gasteiger partial charge in [-0.3, -0.25) is 9.80 Å². The third-order valence-electron chi connectivity index (χ3n) is 4.69. The highest BCUT2D eigenvalue weighted by molar-refractivity contribution is 9.10. The van der Waals surface area contributed by atoms with Gasteiger partial charge in [-0.05, 0) is 19.1 Å². The van der Waals surface area contributed by atoms with E-state index in [0.717, 1.165) is 26.3 Å². The fraction of sp³-hybridized carbons (Fsp3) is 0.190. The number of carbonyl (C=O) groups excluding carboxylic acids is 2. The van der Waals surface area contributed by atoms with Crippen molar-refractivity contribution >= 4 is 39.1 Å². The molecule has 0 bridgehead atoms. The van der Waals surface area contributed by atoms with Crippen molar-refractivity contribution < 1.29 is 9.59 Å². The van der Waals surface area contributed by atoms with E-state index >= 15 is 0 Å². The van der Waals surface area contributed by atoms with Gasteiger partial charge < -0.3 is 5.73 Å². The Morgan fingerprint density at radius 1 is 1.10 bits per heavy atom. The van der Waals surface area contributed by atoms with Gasteiger partial charge in [-0.15, -0.1) is 11.3 Å². The number of benzene rings is 2. The van der Waals surface area contributed by atoms with Crippen LogP contribution in [0.2, 0.25) is 0 Å². The molecule has 0 saturated carbocycles. The maximum absolute atomic E-state index is 13.0. The third-order valence-corrected chi connectivity index (χ3v) is 6.14. The zero-order valence-electron chi connectivity index (χ0n) is 16.0. The summed E-state index contributed by atoms with van der Waals surface area (Å²) >= 11 is 4.75. The Bertz CT molecular complexity index is 1020. The summed E-state index contributed by atoms with van der Waals surface area (Å²) in [5.74, 6) is 5.21. The van der Waals surface area contributed by atoms with Gasteiger partial charge >= 0.3 is 6.03 Å². The van der Waals surface area contributed by atoms with Gasteiger partial charge in [0.15, 0.2) is 5.78 Å². The second-order valence-electron chi connectivity index (χ2n) is 6.79. The van der Waals surface area contributed by atoms with Gasteiger partial charge in [0.1, 0.15) is 11.0 Å². The standard InChI is InChI=1S/C21H21BrN4O2S/c1-12-3-5-15(6-4-12)19(27)13(2)18(26(24)21(23)28)20-25-17(11-29-20)14-7-9-16(22)10-8-14/h3-11,13,18H,24H2,1-2H3,(H2,23,28). The molecule has 1 aromatic heterocycles. The highest BCUT2D eigenvalue weighted by atomic mass is 79.9. The number of nitrogens with zero attached hydrogens (tertiary/aromatic N) is 2. The first-order chi connectivity index (χ1) is 13.8. The molecule has 0 fully saturated rings. The van der Waals surface area contributed by atoms with Gasteiger partial charge in [0.2, 0.25) is 0 Å². The second-order valence-corrected chi connectivity index (χ2v) is 8.59. The predicted molar refractivity (Wildman–Crippen MR) is 118 cm³/mol. The van der Waals surface area contributed by atoms with Crippen molar-refractivity contribution in [2.75, 3.05) is 0 Å². The van der Waals surface area contributed by atoms with Crippen molar-refractivity contribution in [1.82, 2.24) is 9.99 Å². The van der Waals surface area contributed by atoms with Crippen molar-refractivity contribution in [1.29, 1.82) is 0 Å². The van der Waals surface area contributed by atoms with E-state index in [4.69, 9.17) is 11.6 Å². The van der Waals surface area contributed by atoms with Gasteiger partial charge in [-0.1, -0.05) is 64.8 Å². The van der Waals surface area contributed by atoms with Crippen molar-refractivity contribution in [3.05, 3.63) is 74.5 Å². The molecule has 3 rings (SSSR count). The lowest BCUT2D eigenvalue weighted by Gasteiger charge is -2.28. The number of Topliss-reactive ketones (excluding diaryl/α,β-unsaturated/α-hetero) is 1. The van der Waals surface area contributed by atoms with Crippen LogP contribution in [0.15, 0.2) is 58.4 Å². The topological polar surface area (TPSA) is 102 Å². The van der Waals surface area contributed by atoms with Crippen molar-refractivity contribution in [2.24, 2.45) is 17.5 Å². The summed E-state index contributed by atoms with van der Waals surface area (Å²) in [6.45, 7) is 3.69. The summed E-state index contributed by atoms with van der Waals surface area (Å²) in [5.41, 5.74) is 8.71. The number of aryl methyl sites for hydroxylation is 1. The zero-order valence-corrected chi connectivity index (χ0v) is 18.4. The second kappa shape index (κ2) is 8.86. The van der Waals surface area contributed by atoms with Gasteiger partial charge in [0.05, 0.1) is 5.69 Å². The van der Waals surface area contributed by atoms with Crippen LogP contribution in [0.1, 0.15) is 33.9 Å². The van der Waals surface area contributed by atoms with Gasteiger partial charge in [-0.25, -0.2) is 15.6 Å². The van der Waals surface area contributed by atoms with Gasteiger partial charge in [0.25, 0.3) is 0 Å². The molecular formula is C21H21BrN4O2S. The minimum Gasteiger partial charge on any atom is -0.350 e. The van der Waals surface area contributed by atoms with E-state index in [1.807, 2.05) is 48.7 Å². The summed E-state index contributed by atoms with van der Waals surface area (Å²) in [7, 11) is 0. The molecule has 2 unspecified atom stereocenters. The fourth-order valence-corrected chi connectivity index (χ4v) is 4.31. The van der Waals surface area contributed by atoms with E-state index in [-0.39, 0.29) is 5.78 Å². The molecular weight excluding hydrogens is 452 g/mol. The molecule has 29 heavy (non-hydrogen) atoms. The zero-order chi connectivity index (χ0) is 21.1. The molecule has 0 aliphatic rings. The van der Waals surface area contributed by atoms with E-state index < -0.39 is 18.0 Å². The summed E-state index contributed by atoms with van der Waals surface area (Å²) < 4.78 is 0.966. The maximum atomic E-state index is 13.0. The van der Waals surface area contributed by atoms with Crippen LogP contribution in [0.25, 0.3) is 11.3 Å². The number of rotatable bonds is 6. The first kappa shape index (κ1) is 21.2. The molecule has 2 atom stereocenters. The Balaban J connectivity index is 1.95. The van der Waals surface area contributed by atoms with Crippen LogP contribution in [0.5, 0.6) is 0 Å². The van der Waals surface area contributed by atoms with Crippen LogP contribution in [0.4, 0.5) is 4.79 Å². The van der Waals surface area contributed by atoms with Crippen LogP contribution in [-0.2, 0) is 0 Å². The lowest BCUT2D eigenvalue weighted by atomic mass is 9.92. The third kappa shape index (κ3) is 4.72. The summed E-state index contributed by atoms with van der Waals surface area (Å²) in [6.07, 6.45) is 0. The molecule has 3 aromatic rings. The number of thiazole rings is 1. The molecule has 0 radical (unpaired) electrons. The minimum atomic E-state index is -0.820. The number of hydrogen-bond donors (Lipinski definition) is 2. The molecule has 8 heteroatoms. The van der Waals surface area contributed by atoms with Crippen LogP contribution in [0, 0.1) is 12.8 Å². The smallest absolute Gasteiger partial charge is 0.329 e.